The van der Waals surface area contributed by atoms with Gasteiger partial charge in [0.15, 0.2) is 0 Å². The second kappa shape index (κ2) is 8.25. The molecule has 6 heteroatoms. The molecule has 0 spiro atoms. The number of carbonyl (C=O) groups excluding carboxylic acids is 3. The van der Waals surface area contributed by atoms with Gasteiger partial charge in [-0.15, -0.1) is 0 Å². The van der Waals surface area contributed by atoms with Crippen LogP contribution in [-0.2, 0) is 14.4 Å². The van der Waals surface area contributed by atoms with Crippen molar-refractivity contribution in [2.75, 3.05) is 29.9 Å². The van der Waals surface area contributed by atoms with Gasteiger partial charge in [0.2, 0.25) is 5.91 Å². The van der Waals surface area contributed by atoms with Crippen LogP contribution in [0, 0.1) is 19.8 Å². The smallest absolute Gasteiger partial charge is 0.316 e. The van der Waals surface area contributed by atoms with Crippen molar-refractivity contribution in [3.63, 3.8) is 0 Å². The van der Waals surface area contributed by atoms with Gasteiger partial charge in [-0.1, -0.05) is 31.2 Å². The van der Waals surface area contributed by atoms with Crippen molar-refractivity contribution < 1.29 is 14.4 Å². The van der Waals surface area contributed by atoms with Crippen molar-refractivity contribution in [3.05, 3.63) is 59.7 Å². The Labute approximate surface area is 165 Å². The molecule has 1 atom stereocenters. The Hall–Kier alpha value is -3.15. The minimum Gasteiger partial charge on any atom is -0.332 e. The summed E-state index contributed by atoms with van der Waals surface area (Å²) in [5.41, 5.74) is 3.59. The molecular formula is C22H25N3O3. The van der Waals surface area contributed by atoms with Gasteiger partial charge in [0.05, 0.1) is 5.92 Å². The number of hydrogen-bond acceptors (Lipinski definition) is 3. The third kappa shape index (κ3) is 4.39. The minimum atomic E-state index is -0.568. The number of amides is 3. The first-order valence-electron chi connectivity index (χ1n) is 9.40. The zero-order chi connectivity index (χ0) is 20.3. The molecule has 3 rings (SSSR count). The average Bonchev–Trinajstić information content (AvgIpc) is 2.65. The second-order valence-electron chi connectivity index (χ2n) is 7.31. The molecule has 0 aliphatic carbocycles. The molecule has 1 saturated heterocycles. The van der Waals surface area contributed by atoms with Gasteiger partial charge in [-0.05, 0) is 49.2 Å². The summed E-state index contributed by atoms with van der Waals surface area (Å²) in [5, 5.41) is 2.90. The van der Waals surface area contributed by atoms with E-state index in [0.29, 0.717) is 18.8 Å². The number of para-hydroxylation sites is 1. The summed E-state index contributed by atoms with van der Waals surface area (Å²) in [4.78, 5) is 40.5. The van der Waals surface area contributed by atoms with Gasteiger partial charge in [0.1, 0.15) is 0 Å². The highest BCUT2D eigenvalue weighted by Gasteiger charge is 2.34. The van der Waals surface area contributed by atoms with Crippen LogP contribution in [-0.4, -0.2) is 42.3 Å². The van der Waals surface area contributed by atoms with Crippen LogP contribution in [0.2, 0.25) is 0 Å². The number of carbonyl (C=O) groups is 3. The van der Waals surface area contributed by atoms with Gasteiger partial charge >= 0.3 is 11.8 Å². The van der Waals surface area contributed by atoms with E-state index in [0.717, 1.165) is 16.8 Å². The third-order valence-corrected chi connectivity index (χ3v) is 4.81. The average molecular weight is 379 g/mol. The highest BCUT2D eigenvalue weighted by atomic mass is 16.2. The summed E-state index contributed by atoms with van der Waals surface area (Å²) in [6.07, 6.45) is 0. The number of nitrogens with zero attached hydrogens (tertiary/aromatic N) is 2. The minimum absolute atomic E-state index is 0.171. The number of hydrogen-bond donors (Lipinski definition) is 1. The summed E-state index contributed by atoms with van der Waals surface area (Å²) in [5.74, 6) is -1.72. The van der Waals surface area contributed by atoms with Crippen molar-refractivity contribution in [2.24, 2.45) is 5.92 Å². The molecule has 1 N–H and O–H groups in total. The topological polar surface area (TPSA) is 69.7 Å². The molecule has 2 aromatic carbocycles. The van der Waals surface area contributed by atoms with E-state index in [2.05, 4.69) is 5.32 Å². The van der Waals surface area contributed by atoms with E-state index < -0.39 is 17.7 Å². The number of nitrogens with one attached hydrogen (secondary N) is 1. The standard InChI is InChI=1S/C22H25N3O3/c1-15-11-16(2)13-18(12-15)23-20(26)17(3)14-24-9-10-25(22(28)21(24)27)19-7-5-4-6-8-19/h4-8,11-13,17H,9-10,14H2,1-3H3,(H,23,26). The van der Waals surface area contributed by atoms with E-state index >= 15 is 0 Å². The van der Waals surface area contributed by atoms with Crippen LogP contribution in [0.4, 0.5) is 11.4 Å². The number of aryl methyl sites for hydroxylation is 2. The van der Waals surface area contributed by atoms with Crippen LogP contribution in [0.5, 0.6) is 0 Å². The van der Waals surface area contributed by atoms with Gasteiger partial charge in [-0.2, -0.15) is 0 Å². The molecule has 1 heterocycles. The Bertz CT molecular complexity index is 875. The second-order valence-corrected chi connectivity index (χ2v) is 7.31. The predicted octanol–water partition coefficient (Wildman–Crippen LogP) is 2.75. The van der Waals surface area contributed by atoms with Crippen LogP contribution in [0.3, 0.4) is 0 Å². The number of rotatable bonds is 5. The Morgan fingerprint density at radius 3 is 2.29 bits per heavy atom. The lowest BCUT2D eigenvalue weighted by atomic mass is 10.1. The maximum Gasteiger partial charge on any atom is 0.316 e. The molecule has 1 unspecified atom stereocenters. The van der Waals surface area contributed by atoms with E-state index in [4.69, 9.17) is 0 Å². The van der Waals surface area contributed by atoms with Crippen molar-refractivity contribution >= 4 is 29.1 Å². The van der Waals surface area contributed by atoms with E-state index in [-0.39, 0.29) is 12.5 Å². The molecule has 1 aliphatic heterocycles. The Morgan fingerprint density at radius 1 is 1.00 bits per heavy atom. The Morgan fingerprint density at radius 2 is 1.64 bits per heavy atom. The van der Waals surface area contributed by atoms with Gasteiger partial charge < -0.3 is 15.1 Å². The van der Waals surface area contributed by atoms with Gasteiger partial charge in [-0.3, -0.25) is 14.4 Å². The molecular weight excluding hydrogens is 354 g/mol. The molecule has 28 heavy (non-hydrogen) atoms. The summed E-state index contributed by atoms with van der Waals surface area (Å²) in [6.45, 7) is 6.74. The van der Waals surface area contributed by atoms with Crippen LogP contribution in [0.25, 0.3) is 0 Å². The maximum atomic E-state index is 12.5. The SMILES string of the molecule is Cc1cc(C)cc(NC(=O)C(C)CN2CCN(c3ccccc3)C(=O)C2=O)c1. The molecule has 0 aromatic heterocycles. The van der Waals surface area contributed by atoms with Crippen LogP contribution < -0.4 is 10.2 Å². The van der Waals surface area contributed by atoms with Gasteiger partial charge in [0, 0.05) is 31.0 Å². The first-order chi connectivity index (χ1) is 13.3. The highest BCUT2D eigenvalue weighted by Crippen LogP contribution is 2.19. The zero-order valence-electron chi connectivity index (χ0n) is 16.4. The number of anilines is 2. The van der Waals surface area contributed by atoms with Crippen LogP contribution >= 0.6 is 0 Å². The number of piperazine rings is 1. The Kier molecular flexibility index (Phi) is 5.78. The lowest BCUT2D eigenvalue weighted by Crippen LogP contribution is -2.55. The molecule has 146 valence electrons. The summed E-state index contributed by atoms with van der Waals surface area (Å²) in [6, 6.07) is 15.0. The summed E-state index contributed by atoms with van der Waals surface area (Å²) < 4.78 is 0. The maximum absolute atomic E-state index is 12.5. The normalized spacial score (nSPS) is 15.5. The zero-order valence-corrected chi connectivity index (χ0v) is 16.4. The summed E-state index contributed by atoms with van der Waals surface area (Å²) >= 11 is 0. The molecule has 0 bridgehead atoms. The van der Waals surface area contributed by atoms with Crippen molar-refractivity contribution in [1.29, 1.82) is 0 Å². The fourth-order valence-corrected chi connectivity index (χ4v) is 3.43. The predicted molar refractivity (Wildman–Crippen MR) is 109 cm³/mol. The molecule has 0 saturated carbocycles. The summed E-state index contributed by atoms with van der Waals surface area (Å²) in [7, 11) is 0. The quantitative estimate of drug-likeness (QED) is 0.812. The third-order valence-electron chi connectivity index (χ3n) is 4.81. The fraction of sp³-hybridized carbons (Fsp3) is 0.318. The van der Waals surface area contributed by atoms with Gasteiger partial charge in [-0.25, -0.2) is 0 Å². The molecule has 3 amide bonds. The van der Waals surface area contributed by atoms with Gasteiger partial charge in [0.25, 0.3) is 0 Å². The first-order valence-corrected chi connectivity index (χ1v) is 9.40. The molecule has 1 fully saturated rings. The van der Waals surface area contributed by atoms with Crippen molar-refractivity contribution in [2.45, 2.75) is 20.8 Å². The molecule has 2 aromatic rings. The van der Waals surface area contributed by atoms with E-state index in [9.17, 15) is 14.4 Å². The monoisotopic (exact) mass is 379 g/mol. The van der Waals surface area contributed by atoms with Crippen molar-refractivity contribution in [3.8, 4) is 0 Å². The van der Waals surface area contributed by atoms with Crippen molar-refractivity contribution in [1.82, 2.24) is 4.90 Å². The molecule has 0 radical (unpaired) electrons. The largest absolute Gasteiger partial charge is 0.332 e. The highest BCUT2D eigenvalue weighted by molar-refractivity contribution is 6.41. The van der Waals surface area contributed by atoms with E-state index in [1.54, 1.807) is 19.1 Å². The first kappa shape index (κ1) is 19.6. The van der Waals surface area contributed by atoms with E-state index in [1.165, 1.54) is 9.80 Å². The lowest BCUT2D eigenvalue weighted by molar-refractivity contribution is -0.147. The fourth-order valence-electron chi connectivity index (χ4n) is 3.43. The van der Waals surface area contributed by atoms with E-state index in [1.807, 2.05) is 50.2 Å². The van der Waals surface area contributed by atoms with Crippen LogP contribution in [0.1, 0.15) is 18.1 Å². The molecule has 6 nitrogen and oxygen atoms in total. The molecule has 1 aliphatic rings. The number of benzene rings is 2. The van der Waals surface area contributed by atoms with Crippen LogP contribution in [0.15, 0.2) is 48.5 Å². The Balaban J connectivity index is 1.61. The lowest BCUT2D eigenvalue weighted by Gasteiger charge is -2.34.